The first-order valence-corrected chi connectivity index (χ1v) is 8.54. The summed E-state index contributed by atoms with van der Waals surface area (Å²) in [5.41, 5.74) is 0.991. The number of amides is 1. The van der Waals surface area contributed by atoms with Crippen LogP contribution in [0.3, 0.4) is 0 Å². The van der Waals surface area contributed by atoms with Gasteiger partial charge in [-0.25, -0.2) is 13.4 Å². The Morgan fingerprint density at radius 1 is 1.00 bits per heavy atom. The third-order valence-electron chi connectivity index (χ3n) is 3.24. The minimum Gasteiger partial charge on any atom is -0.326 e. The van der Waals surface area contributed by atoms with Crippen LogP contribution in [-0.4, -0.2) is 24.3 Å². The Labute approximate surface area is 138 Å². The van der Waals surface area contributed by atoms with Gasteiger partial charge in [0.15, 0.2) is 5.82 Å². The number of hydrogen-bond donors (Lipinski definition) is 2. The van der Waals surface area contributed by atoms with Crippen molar-refractivity contribution >= 4 is 38.3 Å². The molecule has 2 N–H and O–H groups in total. The standard InChI is InChI=1S/C16H14N4O3S/c1-11(21)19-13-4-6-14(7-5-13)24(22,23)20-16-15-12(8-10-18-16)3-2-9-17-15/h2-10H,1H3,(H,18,20)(H,19,21). The molecule has 0 saturated heterocycles. The number of nitrogens with zero attached hydrogens (tertiary/aromatic N) is 2. The second kappa shape index (κ2) is 6.25. The van der Waals surface area contributed by atoms with Crippen molar-refractivity contribution in [2.24, 2.45) is 0 Å². The summed E-state index contributed by atoms with van der Waals surface area (Å²) in [6.45, 7) is 1.38. The van der Waals surface area contributed by atoms with Crippen molar-refractivity contribution in [1.29, 1.82) is 0 Å². The molecule has 8 heteroatoms. The largest absolute Gasteiger partial charge is 0.326 e. The minimum absolute atomic E-state index is 0.0614. The van der Waals surface area contributed by atoms with Crippen LogP contribution >= 0.6 is 0 Å². The van der Waals surface area contributed by atoms with Crippen LogP contribution in [0.1, 0.15) is 6.92 Å². The van der Waals surface area contributed by atoms with Crippen LogP contribution in [-0.2, 0) is 14.8 Å². The molecule has 7 nitrogen and oxygen atoms in total. The third-order valence-corrected chi connectivity index (χ3v) is 4.59. The number of benzene rings is 1. The predicted molar refractivity (Wildman–Crippen MR) is 91.1 cm³/mol. The van der Waals surface area contributed by atoms with Crippen LogP contribution in [0.5, 0.6) is 0 Å². The number of carbonyl (C=O) groups is 1. The molecule has 3 aromatic rings. The molecule has 0 radical (unpaired) electrons. The summed E-state index contributed by atoms with van der Waals surface area (Å²) in [5.74, 6) is -0.0613. The average molecular weight is 342 g/mol. The van der Waals surface area contributed by atoms with Gasteiger partial charge in [0.1, 0.15) is 5.52 Å². The van der Waals surface area contributed by atoms with E-state index in [1.165, 1.54) is 37.4 Å². The normalized spacial score (nSPS) is 11.2. The number of aromatic nitrogens is 2. The molecule has 0 spiro atoms. The summed E-state index contributed by atoms with van der Waals surface area (Å²) < 4.78 is 27.5. The number of carbonyl (C=O) groups excluding carboxylic acids is 1. The highest BCUT2D eigenvalue weighted by atomic mass is 32.2. The summed E-state index contributed by atoms with van der Waals surface area (Å²) in [6, 6.07) is 11.2. The lowest BCUT2D eigenvalue weighted by Crippen LogP contribution is -2.14. The van der Waals surface area contributed by atoms with Gasteiger partial charge in [0.05, 0.1) is 4.90 Å². The van der Waals surface area contributed by atoms with E-state index in [9.17, 15) is 13.2 Å². The Balaban J connectivity index is 1.92. The van der Waals surface area contributed by atoms with Crippen LogP contribution in [0.15, 0.2) is 59.8 Å². The van der Waals surface area contributed by atoms with E-state index >= 15 is 0 Å². The SMILES string of the molecule is CC(=O)Nc1ccc(S(=O)(=O)Nc2nccc3cccnc23)cc1. The smallest absolute Gasteiger partial charge is 0.263 e. The molecule has 0 bridgehead atoms. The summed E-state index contributed by atoms with van der Waals surface area (Å²) in [5, 5.41) is 3.36. The molecule has 0 saturated carbocycles. The van der Waals surface area contributed by atoms with E-state index in [4.69, 9.17) is 0 Å². The Hall–Kier alpha value is -3.00. The molecule has 0 aliphatic carbocycles. The Morgan fingerprint density at radius 2 is 1.75 bits per heavy atom. The Kier molecular flexibility index (Phi) is 4.13. The van der Waals surface area contributed by atoms with E-state index in [2.05, 4.69) is 20.0 Å². The number of nitrogens with one attached hydrogen (secondary N) is 2. The number of fused-ring (bicyclic) bond motifs is 1. The number of rotatable bonds is 4. The lowest BCUT2D eigenvalue weighted by molar-refractivity contribution is -0.114. The van der Waals surface area contributed by atoms with Crippen molar-refractivity contribution in [3.63, 3.8) is 0 Å². The summed E-state index contributed by atoms with van der Waals surface area (Å²) in [6.07, 6.45) is 3.09. The molecule has 1 amide bonds. The summed E-state index contributed by atoms with van der Waals surface area (Å²) >= 11 is 0. The van der Waals surface area contributed by atoms with Crippen molar-refractivity contribution in [3.05, 3.63) is 54.9 Å². The van der Waals surface area contributed by atoms with Crippen molar-refractivity contribution in [2.45, 2.75) is 11.8 Å². The fourth-order valence-electron chi connectivity index (χ4n) is 2.18. The molecule has 0 aliphatic rings. The van der Waals surface area contributed by atoms with Gasteiger partial charge >= 0.3 is 0 Å². The van der Waals surface area contributed by atoms with Crippen LogP contribution in [0.2, 0.25) is 0 Å². The minimum atomic E-state index is -3.82. The van der Waals surface area contributed by atoms with Gasteiger partial charge in [-0.1, -0.05) is 6.07 Å². The van der Waals surface area contributed by atoms with E-state index in [0.29, 0.717) is 11.2 Å². The van der Waals surface area contributed by atoms with E-state index in [1.54, 1.807) is 18.3 Å². The third kappa shape index (κ3) is 3.33. The number of pyridine rings is 2. The molecule has 0 fully saturated rings. The highest BCUT2D eigenvalue weighted by molar-refractivity contribution is 7.92. The first kappa shape index (κ1) is 15.9. The molecule has 3 rings (SSSR count). The molecule has 0 atom stereocenters. The Morgan fingerprint density at radius 3 is 2.46 bits per heavy atom. The maximum Gasteiger partial charge on any atom is 0.263 e. The molecule has 0 aliphatic heterocycles. The highest BCUT2D eigenvalue weighted by Gasteiger charge is 2.16. The molecule has 122 valence electrons. The topological polar surface area (TPSA) is 101 Å². The van der Waals surface area contributed by atoms with Crippen LogP contribution in [0, 0.1) is 0 Å². The van der Waals surface area contributed by atoms with Gasteiger partial charge < -0.3 is 5.32 Å². The molecular weight excluding hydrogens is 328 g/mol. The van der Waals surface area contributed by atoms with Gasteiger partial charge in [-0.2, -0.15) is 0 Å². The Bertz CT molecular complexity index is 996. The van der Waals surface area contributed by atoms with Crippen molar-refractivity contribution in [3.8, 4) is 0 Å². The van der Waals surface area contributed by atoms with Crippen molar-refractivity contribution in [1.82, 2.24) is 9.97 Å². The fourth-order valence-corrected chi connectivity index (χ4v) is 3.20. The molecule has 2 heterocycles. The zero-order valence-electron chi connectivity index (χ0n) is 12.7. The molecule has 2 aromatic heterocycles. The average Bonchev–Trinajstić information content (AvgIpc) is 2.55. The second-order valence-electron chi connectivity index (χ2n) is 5.05. The van der Waals surface area contributed by atoms with E-state index in [1.807, 2.05) is 6.07 Å². The number of anilines is 2. The van der Waals surface area contributed by atoms with Gasteiger partial charge in [0.25, 0.3) is 10.0 Å². The van der Waals surface area contributed by atoms with Gasteiger partial charge in [-0.15, -0.1) is 0 Å². The van der Waals surface area contributed by atoms with E-state index in [-0.39, 0.29) is 16.6 Å². The zero-order chi connectivity index (χ0) is 17.2. The first-order chi connectivity index (χ1) is 11.5. The van der Waals surface area contributed by atoms with Crippen LogP contribution in [0.4, 0.5) is 11.5 Å². The van der Waals surface area contributed by atoms with Gasteiger partial charge in [-0.05, 0) is 36.4 Å². The maximum absolute atomic E-state index is 12.5. The first-order valence-electron chi connectivity index (χ1n) is 7.06. The van der Waals surface area contributed by atoms with Crippen molar-refractivity contribution < 1.29 is 13.2 Å². The zero-order valence-corrected chi connectivity index (χ0v) is 13.5. The number of hydrogen-bond acceptors (Lipinski definition) is 5. The quantitative estimate of drug-likeness (QED) is 0.758. The van der Waals surface area contributed by atoms with Gasteiger partial charge in [0, 0.05) is 30.4 Å². The summed E-state index contributed by atoms with van der Waals surface area (Å²) in [4.78, 5) is 19.3. The van der Waals surface area contributed by atoms with E-state index < -0.39 is 10.0 Å². The lowest BCUT2D eigenvalue weighted by Gasteiger charge is -2.10. The molecule has 1 aromatic carbocycles. The molecule has 0 unspecified atom stereocenters. The maximum atomic E-state index is 12.5. The summed E-state index contributed by atoms with van der Waals surface area (Å²) in [7, 11) is -3.82. The van der Waals surface area contributed by atoms with Gasteiger partial charge in [0.2, 0.25) is 5.91 Å². The second-order valence-corrected chi connectivity index (χ2v) is 6.73. The van der Waals surface area contributed by atoms with Gasteiger partial charge in [-0.3, -0.25) is 14.5 Å². The van der Waals surface area contributed by atoms with Crippen molar-refractivity contribution in [2.75, 3.05) is 10.0 Å². The highest BCUT2D eigenvalue weighted by Crippen LogP contribution is 2.22. The number of sulfonamides is 1. The van der Waals surface area contributed by atoms with Crippen LogP contribution in [0.25, 0.3) is 10.9 Å². The predicted octanol–water partition coefficient (Wildman–Crippen LogP) is 2.39. The molecular formula is C16H14N4O3S. The molecule has 24 heavy (non-hydrogen) atoms. The van der Waals surface area contributed by atoms with Crippen LogP contribution < -0.4 is 10.0 Å². The fraction of sp³-hybridized carbons (Fsp3) is 0.0625. The van der Waals surface area contributed by atoms with E-state index in [0.717, 1.165) is 5.39 Å². The lowest BCUT2D eigenvalue weighted by atomic mass is 10.2. The monoisotopic (exact) mass is 342 g/mol.